The van der Waals surface area contributed by atoms with Gasteiger partial charge in [-0.15, -0.1) is 11.3 Å². The van der Waals surface area contributed by atoms with Crippen LogP contribution in [-0.4, -0.2) is 27.9 Å². The van der Waals surface area contributed by atoms with Gasteiger partial charge in [0.15, 0.2) is 0 Å². The van der Waals surface area contributed by atoms with E-state index in [4.69, 9.17) is 4.74 Å². The summed E-state index contributed by atoms with van der Waals surface area (Å²) >= 11 is 4.95. The van der Waals surface area contributed by atoms with Crippen LogP contribution in [0, 0.1) is 0 Å². The number of aryl methyl sites for hydroxylation is 1. The molecule has 0 spiro atoms. The molecule has 2 aromatic heterocycles. The van der Waals surface area contributed by atoms with Crippen LogP contribution >= 0.6 is 27.3 Å². The highest BCUT2D eigenvalue weighted by atomic mass is 79.9. The first-order valence-corrected chi connectivity index (χ1v) is 6.90. The summed E-state index contributed by atoms with van der Waals surface area (Å²) in [6.07, 6.45) is 0.905. The van der Waals surface area contributed by atoms with Crippen LogP contribution in [0.1, 0.15) is 22.4 Å². The number of nitrogens with one attached hydrogen (secondary N) is 1. The number of carbonyl (C=O) groups excluding carboxylic acids is 1. The van der Waals surface area contributed by atoms with E-state index in [1.165, 1.54) is 0 Å². The number of ether oxygens (including phenoxy) is 1. The van der Waals surface area contributed by atoms with Crippen LogP contribution < -0.4 is 0 Å². The smallest absolute Gasteiger partial charge is 0.354 e. The molecule has 0 unspecified atom stereocenters. The van der Waals surface area contributed by atoms with Gasteiger partial charge in [0.25, 0.3) is 0 Å². The molecule has 4 nitrogen and oxygen atoms in total. The van der Waals surface area contributed by atoms with E-state index in [2.05, 4.69) is 25.9 Å². The van der Waals surface area contributed by atoms with Gasteiger partial charge in [-0.05, 0) is 13.0 Å². The van der Waals surface area contributed by atoms with E-state index >= 15 is 0 Å². The predicted molar refractivity (Wildman–Crippen MR) is 67.4 cm³/mol. The normalized spacial score (nSPS) is 10.9. The molecular weight excluding hydrogens is 292 g/mol. The van der Waals surface area contributed by atoms with Crippen molar-refractivity contribution in [3.63, 3.8) is 0 Å². The van der Waals surface area contributed by atoms with Crippen LogP contribution in [0.2, 0.25) is 0 Å². The predicted octanol–water partition coefficient (Wildman–Crippen LogP) is 2.74. The third-order valence-corrected chi connectivity index (χ3v) is 3.47. The molecule has 0 bridgehead atoms. The summed E-state index contributed by atoms with van der Waals surface area (Å²) in [6, 6.07) is 1.74. The molecule has 2 rings (SSSR count). The molecule has 1 N–H and O–H groups in total. The minimum Gasteiger partial charge on any atom is -0.461 e. The van der Waals surface area contributed by atoms with Crippen LogP contribution in [0.3, 0.4) is 0 Å². The van der Waals surface area contributed by atoms with E-state index in [-0.39, 0.29) is 5.97 Å². The SMILES string of the molecule is CCOC(=O)c1cc2nc(CCBr)sc2[nH]1. The van der Waals surface area contributed by atoms with Gasteiger partial charge in [-0.2, -0.15) is 0 Å². The van der Waals surface area contributed by atoms with Crippen molar-refractivity contribution >= 4 is 43.6 Å². The Kier molecular flexibility index (Phi) is 3.60. The summed E-state index contributed by atoms with van der Waals surface area (Å²) in [6.45, 7) is 2.17. The molecule has 0 fully saturated rings. The summed E-state index contributed by atoms with van der Waals surface area (Å²) < 4.78 is 4.90. The number of aromatic amines is 1. The monoisotopic (exact) mass is 302 g/mol. The molecule has 0 aliphatic rings. The first-order chi connectivity index (χ1) is 7.74. The molecule has 0 saturated heterocycles. The summed E-state index contributed by atoms with van der Waals surface area (Å²) in [7, 11) is 0. The lowest BCUT2D eigenvalue weighted by Crippen LogP contribution is -2.04. The van der Waals surface area contributed by atoms with Gasteiger partial charge in [-0.25, -0.2) is 9.78 Å². The average Bonchev–Trinajstić information content (AvgIpc) is 2.76. The number of aromatic nitrogens is 2. The Hall–Kier alpha value is -0.880. The highest BCUT2D eigenvalue weighted by Gasteiger charge is 2.13. The van der Waals surface area contributed by atoms with Crippen molar-refractivity contribution in [1.82, 2.24) is 9.97 Å². The summed E-state index contributed by atoms with van der Waals surface area (Å²) in [5, 5.41) is 1.96. The number of H-pyrrole nitrogens is 1. The van der Waals surface area contributed by atoms with Gasteiger partial charge < -0.3 is 9.72 Å². The van der Waals surface area contributed by atoms with Crippen LogP contribution in [-0.2, 0) is 11.2 Å². The van der Waals surface area contributed by atoms with Gasteiger partial charge in [0, 0.05) is 11.8 Å². The number of fused-ring (bicyclic) bond motifs is 1. The summed E-state index contributed by atoms with van der Waals surface area (Å²) in [5.74, 6) is -0.324. The molecule has 2 heterocycles. The van der Waals surface area contributed by atoms with E-state index in [1.54, 1.807) is 24.3 Å². The van der Waals surface area contributed by atoms with Gasteiger partial charge in [-0.3, -0.25) is 0 Å². The Morgan fingerprint density at radius 2 is 2.50 bits per heavy atom. The third-order valence-electron chi connectivity index (χ3n) is 2.03. The average molecular weight is 303 g/mol. The number of esters is 1. The lowest BCUT2D eigenvalue weighted by Gasteiger charge is -1.96. The van der Waals surface area contributed by atoms with Crippen molar-refractivity contribution in [3.05, 3.63) is 16.8 Å². The maximum Gasteiger partial charge on any atom is 0.354 e. The third kappa shape index (κ3) is 2.27. The minimum atomic E-state index is -0.324. The number of rotatable bonds is 4. The second-order valence-electron chi connectivity index (χ2n) is 3.16. The quantitative estimate of drug-likeness (QED) is 0.698. The molecule has 0 aromatic carbocycles. The lowest BCUT2D eigenvalue weighted by molar-refractivity contribution is 0.0520. The molecule has 0 amide bonds. The van der Waals surface area contributed by atoms with Crippen LogP contribution in [0.15, 0.2) is 6.07 Å². The second kappa shape index (κ2) is 4.97. The molecule has 86 valence electrons. The number of carbonyl (C=O) groups is 1. The van der Waals surface area contributed by atoms with Crippen molar-refractivity contribution in [3.8, 4) is 0 Å². The number of halogens is 1. The molecule has 0 saturated carbocycles. The Balaban J connectivity index is 2.25. The van der Waals surface area contributed by atoms with E-state index < -0.39 is 0 Å². The van der Waals surface area contributed by atoms with Gasteiger partial charge in [0.2, 0.25) is 0 Å². The largest absolute Gasteiger partial charge is 0.461 e. The van der Waals surface area contributed by atoms with Crippen molar-refractivity contribution in [2.75, 3.05) is 11.9 Å². The molecule has 6 heteroatoms. The highest BCUT2D eigenvalue weighted by molar-refractivity contribution is 9.09. The van der Waals surface area contributed by atoms with Crippen molar-refractivity contribution < 1.29 is 9.53 Å². The number of hydrogen-bond donors (Lipinski definition) is 1. The fourth-order valence-corrected chi connectivity index (χ4v) is 2.96. The van der Waals surface area contributed by atoms with Crippen molar-refractivity contribution in [2.24, 2.45) is 0 Å². The minimum absolute atomic E-state index is 0.324. The maximum atomic E-state index is 11.4. The topological polar surface area (TPSA) is 55.0 Å². The molecule has 0 aliphatic heterocycles. The zero-order valence-electron chi connectivity index (χ0n) is 8.75. The zero-order valence-corrected chi connectivity index (χ0v) is 11.2. The Bertz CT molecular complexity index is 474. The summed E-state index contributed by atoms with van der Waals surface area (Å²) in [4.78, 5) is 19.8. The number of hydrogen-bond acceptors (Lipinski definition) is 4. The lowest BCUT2D eigenvalue weighted by atomic mass is 10.4. The van der Waals surface area contributed by atoms with Crippen molar-refractivity contribution in [2.45, 2.75) is 13.3 Å². The second-order valence-corrected chi connectivity index (χ2v) is 5.04. The van der Waals surface area contributed by atoms with Crippen LogP contribution in [0.25, 0.3) is 10.3 Å². The Morgan fingerprint density at radius 3 is 3.12 bits per heavy atom. The molecule has 0 aliphatic carbocycles. The van der Waals surface area contributed by atoms with Gasteiger partial charge in [0.1, 0.15) is 16.0 Å². The van der Waals surface area contributed by atoms with Gasteiger partial charge in [-0.1, -0.05) is 15.9 Å². The first-order valence-electron chi connectivity index (χ1n) is 4.96. The number of alkyl halides is 1. The molecular formula is C10H11BrN2O2S. The fourth-order valence-electron chi connectivity index (χ4n) is 1.37. The van der Waals surface area contributed by atoms with Crippen LogP contribution in [0.5, 0.6) is 0 Å². The number of thiazole rings is 1. The standard InChI is InChI=1S/C10H11BrN2O2S/c1-2-15-10(14)7-5-6-9(13-7)16-8(12-6)3-4-11/h5,13H,2-4H2,1H3. The summed E-state index contributed by atoms with van der Waals surface area (Å²) in [5.41, 5.74) is 1.31. The van der Waals surface area contributed by atoms with E-state index in [9.17, 15) is 4.79 Å². The zero-order chi connectivity index (χ0) is 11.5. The van der Waals surface area contributed by atoms with Crippen molar-refractivity contribution in [1.29, 1.82) is 0 Å². The molecule has 0 radical (unpaired) electrons. The van der Waals surface area contributed by atoms with Gasteiger partial charge in [0.05, 0.1) is 11.6 Å². The Labute approximate surface area is 105 Å². The van der Waals surface area contributed by atoms with Crippen LogP contribution in [0.4, 0.5) is 0 Å². The van der Waals surface area contributed by atoms with E-state index in [1.807, 2.05) is 0 Å². The highest BCUT2D eigenvalue weighted by Crippen LogP contribution is 2.23. The van der Waals surface area contributed by atoms with Gasteiger partial charge >= 0.3 is 5.97 Å². The van der Waals surface area contributed by atoms with E-state index in [0.717, 1.165) is 27.1 Å². The first kappa shape index (κ1) is 11.6. The Morgan fingerprint density at radius 1 is 1.69 bits per heavy atom. The number of nitrogens with zero attached hydrogens (tertiary/aromatic N) is 1. The molecule has 2 aromatic rings. The molecule has 0 atom stereocenters. The van der Waals surface area contributed by atoms with E-state index in [0.29, 0.717) is 12.3 Å². The fraction of sp³-hybridized carbons (Fsp3) is 0.400. The molecule has 16 heavy (non-hydrogen) atoms. The maximum absolute atomic E-state index is 11.4.